The largest absolute Gasteiger partial charge is 0.497 e. The van der Waals surface area contributed by atoms with E-state index < -0.39 is 54.5 Å². The summed E-state index contributed by atoms with van der Waals surface area (Å²) in [4.78, 5) is 57.3. The summed E-state index contributed by atoms with van der Waals surface area (Å²) in [6, 6.07) is 7.23. The molecular weight excluding hydrogens is 594 g/mol. The molecule has 1 fully saturated rings. The summed E-state index contributed by atoms with van der Waals surface area (Å²) in [6.07, 6.45) is -5.01. The van der Waals surface area contributed by atoms with Gasteiger partial charge in [0, 0.05) is 33.3 Å². The molecule has 16 nitrogen and oxygen atoms in total. The van der Waals surface area contributed by atoms with Crippen molar-refractivity contribution in [2.24, 2.45) is 0 Å². The van der Waals surface area contributed by atoms with Gasteiger partial charge in [-0.3, -0.25) is 19.2 Å². The average Bonchev–Trinajstić information content (AvgIpc) is 3.47. The molecule has 0 aliphatic carbocycles. The second-order valence-corrected chi connectivity index (χ2v) is 9.92. The smallest absolute Gasteiger partial charge is 0.303 e. The van der Waals surface area contributed by atoms with Crippen LogP contribution in [0, 0.1) is 6.92 Å². The molecule has 1 aliphatic rings. The Hall–Kier alpha value is -5.12. The summed E-state index contributed by atoms with van der Waals surface area (Å²) in [5, 5.41) is 8.40. The van der Waals surface area contributed by atoms with Gasteiger partial charge in [-0.15, -0.1) is 5.10 Å². The summed E-state index contributed by atoms with van der Waals surface area (Å²) in [5.74, 6) is -1.97. The summed E-state index contributed by atoms with van der Waals surface area (Å²) in [5.41, 5.74) is 2.33. The van der Waals surface area contributed by atoms with Crippen molar-refractivity contribution in [2.75, 3.05) is 20.8 Å². The number of aromatic nitrogens is 5. The first-order valence-electron chi connectivity index (χ1n) is 13.7. The fourth-order valence-corrected chi connectivity index (χ4v) is 4.75. The summed E-state index contributed by atoms with van der Waals surface area (Å²) < 4.78 is 39.7. The Bertz CT molecular complexity index is 1560. The number of benzene rings is 1. The molecule has 4 rings (SSSR count). The van der Waals surface area contributed by atoms with Crippen LogP contribution in [0.5, 0.6) is 11.6 Å². The minimum absolute atomic E-state index is 0.225. The molecule has 0 amide bonds. The maximum Gasteiger partial charge on any atom is 0.303 e. The third kappa shape index (κ3) is 7.70. The number of aryl methyl sites for hydroxylation is 1. The molecule has 240 valence electrons. The van der Waals surface area contributed by atoms with E-state index in [1.54, 1.807) is 26.2 Å². The fourth-order valence-electron chi connectivity index (χ4n) is 4.75. The van der Waals surface area contributed by atoms with E-state index in [2.05, 4.69) is 15.3 Å². The molecule has 2 aromatic heterocycles. The highest BCUT2D eigenvalue weighted by atomic mass is 16.7. The lowest BCUT2D eigenvalue weighted by molar-refractivity contribution is -0.270. The van der Waals surface area contributed by atoms with Crippen LogP contribution in [0.15, 0.2) is 30.5 Å². The van der Waals surface area contributed by atoms with E-state index in [4.69, 9.17) is 38.1 Å². The number of nitrogens with zero attached hydrogens (tertiary/aromatic N) is 5. The van der Waals surface area contributed by atoms with E-state index in [-0.39, 0.29) is 18.2 Å². The number of carbonyl (C=O) groups excluding carboxylic acids is 4. The maximum atomic E-state index is 12.2. The third-order valence-electron chi connectivity index (χ3n) is 6.57. The molecule has 0 bridgehead atoms. The Morgan fingerprint density at radius 3 is 2.00 bits per heavy atom. The van der Waals surface area contributed by atoms with Crippen LogP contribution in [0.25, 0.3) is 22.6 Å². The molecule has 3 aromatic rings. The monoisotopic (exact) mass is 627 g/mol. The first-order valence-corrected chi connectivity index (χ1v) is 13.7. The van der Waals surface area contributed by atoms with Crippen molar-refractivity contribution in [1.82, 2.24) is 25.0 Å². The highest BCUT2D eigenvalue weighted by molar-refractivity contribution is 5.70. The Morgan fingerprint density at radius 2 is 1.42 bits per heavy atom. The first kappa shape index (κ1) is 32.8. The van der Waals surface area contributed by atoms with Crippen molar-refractivity contribution in [1.29, 1.82) is 0 Å². The van der Waals surface area contributed by atoms with E-state index >= 15 is 0 Å². The van der Waals surface area contributed by atoms with Gasteiger partial charge in [-0.25, -0.2) is 14.6 Å². The van der Waals surface area contributed by atoms with Crippen LogP contribution in [0.2, 0.25) is 0 Å². The molecule has 0 unspecified atom stereocenters. The number of carbonyl (C=O) groups is 4. The molecule has 1 aromatic carbocycles. The number of rotatable bonds is 10. The summed E-state index contributed by atoms with van der Waals surface area (Å²) in [6.45, 7) is 5.97. The van der Waals surface area contributed by atoms with E-state index in [1.807, 2.05) is 12.1 Å². The minimum Gasteiger partial charge on any atom is -0.497 e. The number of esters is 4. The zero-order valence-corrected chi connectivity index (χ0v) is 25.7. The van der Waals surface area contributed by atoms with Crippen molar-refractivity contribution in [2.45, 2.75) is 65.3 Å². The van der Waals surface area contributed by atoms with Crippen LogP contribution in [0.3, 0.4) is 0 Å². The molecule has 0 radical (unpaired) electrons. The van der Waals surface area contributed by atoms with Crippen molar-refractivity contribution in [3.8, 4) is 34.3 Å². The van der Waals surface area contributed by atoms with Crippen molar-refractivity contribution in [3.63, 3.8) is 0 Å². The Morgan fingerprint density at radius 1 is 0.800 bits per heavy atom. The number of ether oxygens (including phenoxy) is 7. The van der Waals surface area contributed by atoms with Gasteiger partial charge in [-0.1, -0.05) is 5.21 Å². The molecule has 0 spiro atoms. The van der Waals surface area contributed by atoms with Crippen molar-refractivity contribution >= 4 is 23.9 Å². The molecule has 45 heavy (non-hydrogen) atoms. The standard InChI is InChI=1S/C29H33N5O11/c1-14-23(31-28(40-7)24(30-14)19-8-10-20(39-6)11-9-19)21-12-34(33-32-21)29-27(44-18(5)38)26(43-17(4)37)25(42-16(3)36)22(45-29)13-41-15(2)35/h8-12,22,25-27,29H,13H2,1-7H3/t22-,25-,26+,27-,29-/m1/s1. The topological polar surface area (TPSA) is 189 Å². The van der Waals surface area contributed by atoms with Gasteiger partial charge in [0.05, 0.1) is 26.1 Å². The second kappa shape index (κ2) is 14.1. The lowest BCUT2D eigenvalue weighted by Crippen LogP contribution is -2.60. The Labute approximate surface area is 257 Å². The summed E-state index contributed by atoms with van der Waals surface area (Å²) >= 11 is 0. The fraction of sp³-hybridized carbons (Fsp3) is 0.448. The van der Waals surface area contributed by atoms with Gasteiger partial charge in [-0.2, -0.15) is 0 Å². The normalized spacial score (nSPS) is 20.9. The zero-order chi connectivity index (χ0) is 32.8. The number of hydrogen-bond acceptors (Lipinski definition) is 15. The molecule has 5 atom stereocenters. The van der Waals surface area contributed by atoms with Crippen LogP contribution in [0.4, 0.5) is 0 Å². The molecule has 0 saturated carbocycles. The van der Waals surface area contributed by atoms with Crippen LogP contribution >= 0.6 is 0 Å². The van der Waals surface area contributed by atoms with Gasteiger partial charge in [0.25, 0.3) is 0 Å². The van der Waals surface area contributed by atoms with Gasteiger partial charge in [-0.05, 0) is 31.2 Å². The maximum absolute atomic E-state index is 12.2. The lowest BCUT2D eigenvalue weighted by Gasteiger charge is -2.44. The average molecular weight is 628 g/mol. The molecular formula is C29H33N5O11. The molecule has 16 heteroatoms. The van der Waals surface area contributed by atoms with Crippen LogP contribution in [-0.4, -0.2) is 94.1 Å². The van der Waals surface area contributed by atoms with Crippen LogP contribution < -0.4 is 9.47 Å². The van der Waals surface area contributed by atoms with Gasteiger partial charge in [0.15, 0.2) is 24.5 Å². The highest BCUT2D eigenvalue weighted by Crippen LogP contribution is 2.36. The summed E-state index contributed by atoms with van der Waals surface area (Å²) in [7, 11) is 3.04. The predicted octanol–water partition coefficient (Wildman–Crippen LogP) is 1.98. The van der Waals surface area contributed by atoms with Crippen LogP contribution in [-0.2, 0) is 42.9 Å². The van der Waals surface area contributed by atoms with Crippen molar-refractivity contribution in [3.05, 3.63) is 36.2 Å². The van der Waals surface area contributed by atoms with E-state index in [0.29, 0.717) is 22.8 Å². The molecule has 3 heterocycles. The van der Waals surface area contributed by atoms with Gasteiger partial charge < -0.3 is 33.2 Å². The SMILES string of the molecule is COc1ccc(-c2nc(C)c(-c3cn([C@@H]4O[C@H](COC(C)=O)[C@@H](OC(C)=O)[C@H](OC(C)=O)[C@H]4OC(C)=O)nn3)nc2OC)cc1. The molecule has 1 aliphatic heterocycles. The molecule has 1 saturated heterocycles. The molecule has 0 N–H and O–H groups in total. The van der Waals surface area contributed by atoms with Crippen LogP contribution in [0.1, 0.15) is 39.6 Å². The van der Waals surface area contributed by atoms with Gasteiger partial charge in [0.1, 0.15) is 35.5 Å². The quantitative estimate of drug-likeness (QED) is 0.234. The highest BCUT2D eigenvalue weighted by Gasteiger charge is 2.53. The van der Waals surface area contributed by atoms with Gasteiger partial charge in [0.2, 0.25) is 5.88 Å². The lowest BCUT2D eigenvalue weighted by atomic mass is 9.97. The first-order chi connectivity index (χ1) is 21.4. The Balaban J connectivity index is 1.75. The minimum atomic E-state index is -1.37. The third-order valence-corrected chi connectivity index (χ3v) is 6.57. The predicted molar refractivity (Wildman–Crippen MR) is 152 cm³/mol. The number of methoxy groups -OCH3 is 2. The van der Waals surface area contributed by atoms with E-state index in [0.717, 1.165) is 26.3 Å². The van der Waals surface area contributed by atoms with E-state index in [1.165, 1.54) is 24.9 Å². The Kier molecular flexibility index (Phi) is 10.3. The zero-order valence-electron chi connectivity index (χ0n) is 25.7. The van der Waals surface area contributed by atoms with Gasteiger partial charge >= 0.3 is 23.9 Å². The number of hydrogen-bond donors (Lipinski definition) is 0. The van der Waals surface area contributed by atoms with E-state index in [9.17, 15) is 19.2 Å². The van der Waals surface area contributed by atoms with Crippen molar-refractivity contribution < 1.29 is 52.3 Å². The second-order valence-electron chi connectivity index (χ2n) is 9.92.